The molecule has 0 radical (unpaired) electrons. The van der Waals surface area contributed by atoms with E-state index in [1.165, 1.54) is 5.56 Å². The van der Waals surface area contributed by atoms with Crippen LogP contribution in [0.4, 0.5) is 11.5 Å². The molecule has 2 aromatic rings. The third kappa shape index (κ3) is 2.88. The predicted octanol–water partition coefficient (Wildman–Crippen LogP) is 3.69. The number of anilines is 2. The average Bonchev–Trinajstić information content (AvgIpc) is 2.43. The fraction of sp³-hybridized carbons (Fsp3) is 0.267. The van der Waals surface area contributed by atoms with Crippen LogP contribution in [0, 0.1) is 6.92 Å². The Labute approximate surface area is 118 Å². The number of pyridine rings is 1. The minimum Gasteiger partial charge on any atom is -0.392 e. The van der Waals surface area contributed by atoms with Gasteiger partial charge in [0.05, 0.1) is 11.6 Å². The third-order valence-corrected chi connectivity index (χ3v) is 3.43. The van der Waals surface area contributed by atoms with E-state index < -0.39 is 0 Å². The molecule has 0 unspecified atom stereocenters. The number of nitrogens with zero attached hydrogens (tertiary/aromatic N) is 2. The average molecular weight is 277 g/mol. The first-order valence-electron chi connectivity index (χ1n) is 6.25. The Morgan fingerprint density at radius 2 is 2.05 bits per heavy atom. The van der Waals surface area contributed by atoms with Crippen molar-refractivity contribution < 1.29 is 5.11 Å². The van der Waals surface area contributed by atoms with Gasteiger partial charge in [0.1, 0.15) is 5.82 Å². The number of rotatable bonds is 4. The quantitative estimate of drug-likeness (QED) is 0.925. The first kappa shape index (κ1) is 13.8. The highest BCUT2D eigenvalue weighted by atomic mass is 35.5. The van der Waals surface area contributed by atoms with E-state index in [1.807, 2.05) is 18.2 Å². The number of benzene rings is 1. The van der Waals surface area contributed by atoms with Crippen LogP contribution in [0.25, 0.3) is 0 Å². The van der Waals surface area contributed by atoms with Crippen LogP contribution >= 0.6 is 11.6 Å². The molecule has 2 rings (SSSR count). The maximum Gasteiger partial charge on any atom is 0.133 e. The lowest BCUT2D eigenvalue weighted by atomic mass is 10.1. The van der Waals surface area contributed by atoms with Crippen molar-refractivity contribution in [2.45, 2.75) is 20.5 Å². The smallest absolute Gasteiger partial charge is 0.133 e. The summed E-state index contributed by atoms with van der Waals surface area (Å²) in [6.07, 6.45) is 1.59. The molecule has 0 atom stereocenters. The standard InChI is InChI=1S/C15H17ClN2O/c1-3-18(14-7-5-4-6-11(14)2)15-8-12(10-19)13(16)9-17-15/h4-9,19H,3,10H2,1-2H3. The number of para-hydroxylation sites is 1. The Bertz CT molecular complexity index is 572. The molecule has 100 valence electrons. The van der Waals surface area contributed by atoms with E-state index >= 15 is 0 Å². The van der Waals surface area contributed by atoms with E-state index in [9.17, 15) is 5.11 Å². The Morgan fingerprint density at radius 1 is 1.32 bits per heavy atom. The van der Waals surface area contributed by atoms with Gasteiger partial charge in [-0.05, 0) is 31.5 Å². The molecule has 1 aromatic carbocycles. The lowest BCUT2D eigenvalue weighted by Crippen LogP contribution is -2.18. The fourth-order valence-electron chi connectivity index (χ4n) is 2.06. The lowest BCUT2D eigenvalue weighted by molar-refractivity contribution is 0.282. The van der Waals surface area contributed by atoms with E-state index in [0.29, 0.717) is 10.6 Å². The highest BCUT2D eigenvalue weighted by Crippen LogP contribution is 2.28. The van der Waals surface area contributed by atoms with E-state index in [4.69, 9.17) is 11.6 Å². The number of aryl methyl sites for hydroxylation is 1. The van der Waals surface area contributed by atoms with Crippen molar-refractivity contribution in [2.75, 3.05) is 11.4 Å². The highest BCUT2D eigenvalue weighted by molar-refractivity contribution is 6.31. The van der Waals surface area contributed by atoms with Gasteiger partial charge in [0.25, 0.3) is 0 Å². The SMILES string of the molecule is CCN(c1cc(CO)c(Cl)cn1)c1ccccc1C. The molecule has 19 heavy (non-hydrogen) atoms. The Hall–Kier alpha value is -1.58. The number of halogens is 1. The van der Waals surface area contributed by atoms with Gasteiger partial charge >= 0.3 is 0 Å². The summed E-state index contributed by atoms with van der Waals surface area (Å²) in [5, 5.41) is 9.78. The molecule has 0 bridgehead atoms. The monoisotopic (exact) mass is 276 g/mol. The second-order valence-corrected chi connectivity index (χ2v) is 4.73. The van der Waals surface area contributed by atoms with Gasteiger partial charge in [-0.2, -0.15) is 0 Å². The molecule has 0 saturated carbocycles. The molecule has 1 heterocycles. The Balaban J connectivity index is 2.45. The maximum absolute atomic E-state index is 9.29. The Kier molecular flexibility index (Phi) is 4.40. The van der Waals surface area contributed by atoms with Gasteiger partial charge in [-0.15, -0.1) is 0 Å². The zero-order chi connectivity index (χ0) is 13.8. The number of hydrogen-bond acceptors (Lipinski definition) is 3. The molecule has 0 spiro atoms. The molecule has 3 nitrogen and oxygen atoms in total. The first-order chi connectivity index (χ1) is 9.17. The highest BCUT2D eigenvalue weighted by Gasteiger charge is 2.12. The summed E-state index contributed by atoms with van der Waals surface area (Å²) < 4.78 is 0. The van der Waals surface area contributed by atoms with Gasteiger partial charge in [-0.3, -0.25) is 0 Å². The third-order valence-electron chi connectivity index (χ3n) is 3.09. The van der Waals surface area contributed by atoms with Gasteiger partial charge in [0, 0.05) is 24.0 Å². The topological polar surface area (TPSA) is 36.4 Å². The molecule has 0 saturated heterocycles. The van der Waals surface area contributed by atoms with Gasteiger partial charge in [0.15, 0.2) is 0 Å². The number of aromatic nitrogens is 1. The summed E-state index contributed by atoms with van der Waals surface area (Å²) in [4.78, 5) is 6.46. The van der Waals surface area contributed by atoms with Crippen molar-refractivity contribution in [1.29, 1.82) is 0 Å². The van der Waals surface area contributed by atoms with Crippen LogP contribution in [-0.4, -0.2) is 16.6 Å². The molecule has 0 aliphatic rings. The van der Waals surface area contributed by atoms with Crippen LogP contribution in [-0.2, 0) is 6.61 Å². The van der Waals surface area contributed by atoms with Crippen LogP contribution < -0.4 is 4.90 Å². The van der Waals surface area contributed by atoms with Crippen LogP contribution in [0.5, 0.6) is 0 Å². The second-order valence-electron chi connectivity index (χ2n) is 4.32. The van der Waals surface area contributed by atoms with Crippen molar-refractivity contribution in [3.63, 3.8) is 0 Å². The number of aliphatic hydroxyl groups excluding tert-OH is 1. The fourth-order valence-corrected chi connectivity index (χ4v) is 2.22. The maximum atomic E-state index is 9.29. The van der Waals surface area contributed by atoms with Crippen molar-refractivity contribution in [2.24, 2.45) is 0 Å². The summed E-state index contributed by atoms with van der Waals surface area (Å²) in [5.41, 5.74) is 2.99. The second kappa shape index (κ2) is 6.04. The molecular formula is C15H17ClN2O. The number of aliphatic hydroxyl groups is 1. The van der Waals surface area contributed by atoms with E-state index in [1.54, 1.807) is 6.20 Å². The molecule has 4 heteroatoms. The minimum atomic E-state index is -0.0837. The van der Waals surface area contributed by atoms with E-state index in [0.717, 1.165) is 18.1 Å². The first-order valence-corrected chi connectivity index (χ1v) is 6.63. The van der Waals surface area contributed by atoms with Crippen molar-refractivity contribution in [1.82, 2.24) is 4.98 Å². The molecule has 0 aliphatic heterocycles. The molecule has 0 aliphatic carbocycles. The summed E-state index contributed by atoms with van der Waals surface area (Å²) in [7, 11) is 0. The van der Waals surface area contributed by atoms with Crippen LogP contribution in [0.15, 0.2) is 36.5 Å². The lowest BCUT2D eigenvalue weighted by Gasteiger charge is -2.24. The zero-order valence-corrected chi connectivity index (χ0v) is 11.9. The van der Waals surface area contributed by atoms with Crippen molar-refractivity contribution in [3.8, 4) is 0 Å². The van der Waals surface area contributed by atoms with Gasteiger partial charge in [-0.1, -0.05) is 29.8 Å². The van der Waals surface area contributed by atoms with Crippen molar-refractivity contribution in [3.05, 3.63) is 52.7 Å². The minimum absolute atomic E-state index is 0.0837. The normalized spacial score (nSPS) is 10.5. The van der Waals surface area contributed by atoms with Gasteiger partial charge < -0.3 is 10.0 Å². The van der Waals surface area contributed by atoms with E-state index in [-0.39, 0.29) is 6.61 Å². The molecular weight excluding hydrogens is 260 g/mol. The molecule has 0 fully saturated rings. The largest absolute Gasteiger partial charge is 0.392 e. The number of hydrogen-bond donors (Lipinski definition) is 1. The van der Waals surface area contributed by atoms with Crippen LogP contribution in [0.2, 0.25) is 5.02 Å². The molecule has 0 amide bonds. The summed E-state index contributed by atoms with van der Waals surface area (Å²) in [5.74, 6) is 0.797. The van der Waals surface area contributed by atoms with Crippen LogP contribution in [0.3, 0.4) is 0 Å². The van der Waals surface area contributed by atoms with Crippen LogP contribution in [0.1, 0.15) is 18.1 Å². The summed E-state index contributed by atoms with van der Waals surface area (Å²) in [6.45, 7) is 4.85. The molecule has 1 aromatic heterocycles. The molecule has 1 N–H and O–H groups in total. The Morgan fingerprint density at radius 3 is 2.68 bits per heavy atom. The van der Waals surface area contributed by atoms with Gasteiger partial charge in [-0.25, -0.2) is 4.98 Å². The zero-order valence-electron chi connectivity index (χ0n) is 11.1. The van der Waals surface area contributed by atoms with Gasteiger partial charge in [0.2, 0.25) is 0 Å². The summed E-state index contributed by atoms with van der Waals surface area (Å²) in [6, 6.07) is 9.99. The van der Waals surface area contributed by atoms with E-state index in [2.05, 4.69) is 35.9 Å². The predicted molar refractivity (Wildman–Crippen MR) is 79.0 cm³/mol. The summed E-state index contributed by atoms with van der Waals surface area (Å²) >= 11 is 5.98. The van der Waals surface area contributed by atoms with Crippen molar-refractivity contribution >= 4 is 23.1 Å².